The summed E-state index contributed by atoms with van der Waals surface area (Å²) in [6, 6.07) is -1.38. The predicted molar refractivity (Wildman–Crippen MR) is 71.5 cm³/mol. The minimum absolute atomic E-state index is 0.285. The van der Waals surface area contributed by atoms with Gasteiger partial charge in [-0.2, -0.15) is 24.9 Å². The number of rotatable bonds is 3. The molecule has 0 bridgehead atoms. The zero-order valence-corrected chi connectivity index (χ0v) is 12.1. The summed E-state index contributed by atoms with van der Waals surface area (Å²) in [5, 5.41) is 2.63. The molecular weight excluding hydrogens is 275 g/mol. The zero-order valence-electron chi connectivity index (χ0n) is 11.3. The summed E-state index contributed by atoms with van der Waals surface area (Å²) in [6.07, 6.45) is -1.32. The van der Waals surface area contributed by atoms with Gasteiger partial charge in [0.05, 0.1) is 5.60 Å². The Labute approximate surface area is 116 Å². The topological polar surface area (TPSA) is 21.3 Å². The molecule has 2 unspecified atom stereocenters. The van der Waals surface area contributed by atoms with Crippen LogP contribution in [0.2, 0.25) is 0 Å². The van der Waals surface area contributed by atoms with E-state index in [9.17, 15) is 13.2 Å². The molecule has 6 heteroatoms. The summed E-state index contributed by atoms with van der Waals surface area (Å²) in [5.74, 6) is 1.66. The zero-order chi connectivity index (χ0) is 13.9. The molecule has 2 aliphatic heterocycles. The normalized spacial score (nSPS) is 29.4. The molecule has 112 valence electrons. The van der Waals surface area contributed by atoms with E-state index in [4.69, 9.17) is 4.74 Å². The van der Waals surface area contributed by atoms with Crippen LogP contribution < -0.4 is 5.32 Å². The number of ether oxygens (including phenoxy) is 1. The van der Waals surface area contributed by atoms with Crippen molar-refractivity contribution in [1.82, 2.24) is 5.32 Å². The molecule has 0 radical (unpaired) electrons. The number of hydrogen-bond donors (Lipinski definition) is 1. The maximum atomic E-state index is 13.1. The Balaban J connectivity index is 2.06. The van der Waals surface area contributed by atoms with Crippen molar-refractivity contribution in [3.63, 3.8) is 0 Å². The molecule has 1 N–H and O–H groups in total. The summed E-state index contributed by atoms with van der Waals surface area (Å²) in [4.78, 5) is 0. The van der Waals surface area contributed by atoms with Gasteiger partial charge in [-0.05, 0) is 49.7 Å². The van der Waals surface area contributed by atoms with Crippen molar-refractivity contribution in [1.29, 1.82) is 0 Å². The molecule has 2 heterocycles. The fourth-order valence-corrected chi connectivity index (χ4v) is 4.45. The van der Waals surface area contributed by atoms with Gasteiger partial charge in [-0.1, -0.05) is 6.92 Å². The Kier molecular flexibility index (Phi) is 5.06. The number of alkyl halides is 3. The van der Waals surface area contributed by atoms with Crippen LogP contribution in [0, 0.1) is 5.92 Å². The van der Waals surface area contributed by atoms with Gasteiger partial charge in [-0.15, -0.1) is 0 Å². The van der Waals surface area contributed by atoms with Gasteiger partial charge in [0, 0.05) is 6.61 Å². The van der Waals surface area contributed by atoms with Crippen LogP contribution in [0.1, 0.15) is 32.6 Å². The highest BCUT2D eigenvalue weighted by Gasteiger charge is 2.49. The van der Waals surface area contributed by atoms with Crippen molar-refractivity contribution in [3.8, 4) is 0 Å². The van der Waals surface area contributed by atoms with Gasteiger partial charge in [0.1, 0.15) is 6.04 Å². The molecule has 2 nitrogen and oxygen atoms in total. The molecule has 0 aromatic heterocycles. The van der Waals surface area contributed by atoms with Crippen LogP contribution >= 0.6 is 11.8 Å². The van der Waals surface area contributed by atoms with E-state index in [1.807, 2.05) is 11.8 Å². The van der Waals surface area contributed by atoms with Gasteiger partial charge in [-0.3, -0.25) is 0 Å². The summed E-state index contributed by atoms with van der Waals surface area (Å²) in [5.41, 5.74) is -0.285. The van der Waals surface area contributed by atoms with Crippen LogP contribution in [0.25, 0.3) is 0 Å². The van der Waals surface area contributed by atoms with Gasteiger partial charge in [0.2, 0.25) is 0 Å². The van der Waals surface area contributed by atoms with Gasteiger partial charge >= 0.3 is 6.18 Å². The molecule has 0 aliphatic carbocycles. The van der Waals surface area contributed by atoms with Crippen LogP contribution in [0.4, 0.5) is 13.2 Å². The van der Waals surface area contributed by atoms with Crippen molar-refractivity contribution in [3.05, 3.63) is 0 Å². The number of nitrogens with one attached hydrogen (secondary N) is 1. The average Bonchev–Trinajstić information content (AvgIpc) is 2.35. The summed E-state index contributed by atoms with van der Waals surface area (Å²) >= 11 is 1.87. The lowest BCUT2D eigenvalue weighted by Gasteiger charge is -2.45. The first-order valence-electron chi connectivity index (χ1n) is 6.99. The van der Waals surface area contributed by atoms with Crippen LogP contribution in [-0.4, -0.2) is 42.5 Å². The van der Waals surface area contributed by atoms with E-state index in [0.29, 0.717) is 26.0 Å². The smallest absolute Gasteiger partial charge is 0.375 e. The van der Waals surface area contributed by atoms with Crippen molar-refractivity contribution in [2.45, 2.75) is 50.4 Å². The molecule has 0 aromatic rings. The first-order chi connectivity index (χ1) is 8.97. The van der Waals surface area contributed by atoms with Gasteiger partial charge in [0.15, 0.2) is 0 Å². The Morgan fingerprint density at radius 3 is 2.63 bits per heavy atom. The molecule has 2 saturated heterocycles. The molecule has 1 spiro atoms. The summed E-state index contributed by atoms with van der Waals surface area (Å²) < 4.78 is 45.3. The number of halogens is 3. The highest BCUT2D eigenvalue weighted by atomic mass is 32.2. The summed E-state index contributed by atoms with van der Waals surface area (Å²) in [7, 11) is 0. The highest BCUT2D eigenvalue weighted by Crippen LogP contribution is 2.43. The Morgan fingerprint density at radius 1 is 1.37 bits per heavy atom. The lowest BCUT2D eigenvalue weighted by atomic mass is 9.78. The first-order valence-corrected chi connectivity index (χ1v) is 8.14. The van der Waals surface area contributed by atoms with Gasteiger partial charge in [0.25, 0.3) is 0 Å². The SMILES string of the molecule is CCNC(C1CCOC2(CCSCC2)C1)C(F)(F)F. The fraction of sp³-hybridized carbons (Fsp3) is 1.00. The van der Waals surface area contributed by atoms with E-state index in [-0.39, 0.29) is 11.5 Å². The maximum Gasteiger partial charge on any atom is 0.404 e. The van der Waals surface area contributed by atoms with Gasteiger partial charge in [-0.25, -0.2) is 0 Å². The van der Waals surface area contributed by atoms with E-state index in [1.54, 1.807) is 6.92 Å². The molecule has 19 heavy (non-hydrogen) atoms. The fourth-order valence-electron chi connectivity index (χ4n) is 3.21. The van der Waals surface area contributed by atoms with E-state index in [1.165, 1.54) is 0 Å². The first kappa shape index (κ1) is 15.4. The van der Waals surface area contributed by atoms with Crippen LogP contribution in [0.5, 0.6) is 0 Å². The Bertz CT molecular complexity index is 287. The molecule has 2 fully saturated rings. The third-order valence-electron chi connectivity index (χ3n) is 4.18. The third kappa shape index (κ3) is 3.79. The quantitative estimate of drug-likeness (QED) is 0.864. The molecule has 2 rings (SSSR count). The highest BCUT2D eigenvalue weighted by molar-refractivity contribution is 7.99. The molecule has 2 aliphatic rings. The monoisotopic (exact) mass is 297 g/mol. The number of thioether (sulfide) groups is 1. The minimum atomic E-state index is -4.16. The Morgan fingerprint density at radius 2 is 2.05 bits per heavy atom. The van der Waals surface area contributed by atoms with Crippen molar-refractivity contribution < 1.29 is 17.9 Å². The summed E-state index contributed by atoms with van der Waals surface area (Å²) in [6.45, 7) is 2.54. The second-order valence-corrected chi connectivity index (χ2v) is 6.70. The largest absolute Gasteiger partial charge is 0.404 e. The minimum Gasteiger partial charge on any atom is -0.375 e. The van der Waals surface area contributed by atoms with E-state index >= 15 is 0 Å². The lowest BCUT2D eigenvalue weighted by Crippen LogP contribution is -2.53. The molecule has 0 saturated carbocycles. The predicted octanol–water partition coefficient (Wildman–Crippen LogP) is 3.22. The number of hydrogen-bond acceptors (Lipinski definition) is 3. The maximum absolute atomic E-state index is 13.1. The van der Waals surface area contributed by atoms with E-state index < -0.39 is 12.2 Å². The second kappa shape index (κ2) is 6.22. The Hall–Kier alpha value is 0.0600. The molecule has 2 atom stereocenters. The van der Waals surface area contributed by atoms with Crippen LogP contribution in [0.15, 0.2) is 0 Å². The van der Waals surface area contributed by atoms with Gasteiger partial charge < -0.3 is 10.1 Å². The lowest BCUT2D eigenvalue weighted by molar-refractivity contribution is -0.188. The van der Waals surface area contributed by atoms with Crippen molar-refractivity contribution in [2.75, 3.05) is 24.7 Å². The average molecular weight is 297 g/mol. The van der Waals surface area contributed by atoms with Crippen LogP contribution in [-0.2, 0) is 4.74 Å². The van der Waals surface area contributed by atoms with E-state index in [2.05, 4.69) is 5.32 Å². The molecule has 0 amide bonds. The van der Waals surface area contributed by atoms with E-state index in [0.717, 1.165) is 24.3 Å². The molecular formula is C13H22F3NOS. The van der Waals surface area contributed by atoms with Crippen LogP contribution in [0.3, 0.4) is 0 Å². The second-order valence-electron chi connectivity index (χ2n) is 5.47. The van der Waals surface area contributed by atoms with Crippen molar-refractivity contribution >= 4 is 11.8 Å². The van der Waals surface area contributed by atoms with Crippen molar-refractivity contribution in [2.24, 2.45) is 5.92 Å². The standard InChI is InChI=1S/C13H22F3NOS/c1-2-17-11(13(14,15)16)10-3-6-18-12(9-10)4-7-19-8-5-12/h10-11,17H,2-9H2,1H3. The third-order valence-corrected chi connectivity index (χ3v) is 5.17. The molecule has 0 aromatic carbocycles.